The molecule has 0 radical (unpaired) electrons. The lowest BCUT2D eigenvalue weighted by Gasteiger charge is -2.39. The van der Waals surface area contributed by atoms with Gasteiger partial charge in [0.1, 0.15) is 5.75 Å². The number of hydrogen-bond acceptors (Lipinski definition) is 6. The quantitative estimate of drug-likeness (QED) is 0.472. The molecule has 0 unspecified atom stereocenters. The highest BCUT2D eigenvalue weighted by molar-refractivity contribution is 5.80. The van der Waals surface area contributed by atoms with Gasteiger partial charge in [0.15, 0.2) is 5.82 Å². The fourth-order valence-corrected chi connectivity index (χ4v) is 6.14. The van der Waals surface area contributed by atoms with Gasteiger partial charge in [-0.2, -0.15) is 0 Å². The molecule has 0 bridgehead atoms. The predicted octanol–water partition coefficient (Wildman–Crippen LogP) is 5.31. The minimum atomic E-state index is -0.0340. The molecule has 0 amide bonds. The third kappa shape index (κ3) is 5.13. The molecule has 0 spiro atoms. The Bertz CT molecular complexity index is 1180. The van der Waals surface area contributed by atoms with Crippen LogP contribution < -0.4 is 10.3 Å². The smallest absolute Gasteiger partial charge is 0.252 e. The molecule has 2 heterocycles. The maximum atomic E-state index is 13.2. The van der Waals surface area contributed by atoms with Crippen LogP contribution in [0.15, 0.2) is 29.1 Å². The Morgan fingerprint density at radius 3 is 2.54 bits per heavy atom. The predicted molar refractivity (Wildman–Crippen MR) is 137 cm³/mol. The summed E-state index contributed by atoms with van der Waals surface area (Å²) in [5.41, 5.74) is 1.56. The Kier molecular flexibility index (Phi) is 7.46. The SMILES string of the molecule is CC[C@@H](c1nnnn1C1CCCCC1)N(Cc1cc2ccc(OC)cc2[nH]c1=O)C1CCCCC1. The summed E-state index contributed by atoms with van der Waals surface area (Å²) in [5.74, 6) is 1.71. The first-order chi connectivity index (χ1) is 17.2. The Morgan fingerprint density at radius 1 is 1.09 bits per heavy atom. The molecule has 2 aromatic heterocycles. The highest BCUT2D eigenvalue weighted by Gasteiger charge is 2.33. The van der Waals surface area contributed by atoms with Crippen molar-refractivity contribution in [2.45, 2.75) is 102 Å². The second-order valence-electron chi connectivity index (χ2n) is 10.2. The van der Waals surface area contributed by atoms with Crippen molar-refractivity contribution in [3.63, 3.8) is 0 Å². The van der Waals surface area contributed by atoms with Crippen LogP contribution in [-0.4, -0.2) is 43.2 Å². The number of aromatic amines is 1. The van der Waals surface area contributed by atoms with E-state index in [4.69, 9.17) is 4.74 Å². The number of nitrogens with zero attached hydrogens (tertiary/aromatic N) is 5. The summed E-state index contributed by atoms with van der Waals surface area (Å²) in [5, 5.41) is 14.2. The van der Waals surface area contributed by atoms with E-state index in [2.05, 4.69) is 37.0 Å². The zero-order valence-corrected chi connectivity index (χ0v) is 21.1. The number of H-pyrrole nitrogens is 1. The second-order valence-corrected chi connectivity index (χ2v) is 10.2. The molecule has 2 fully saturated rings. The van der Waals surface area contributed by atoms with Gasteiger partial charge in [-0.15, -0.1) is 5.10 Å². The lowest BCUT2D eigenvalue weighted by atomic mass is 9.91. The molecule has 8 heteroatoms. The highest BCUT2D eigenvalue weighted by Crippen LogP contribution is 2.35. The molecule has 3 aromatic rings. The average molecular weight is 479 g/mol. The molecule has 0 saturated heterocycles. The van der Waals surface area contributed by atoms with Crippen molar-refractivity contribution < 1.29 is 4.74 Å². The fraction of sp³-hybridized carbons (Fsp3) is 0.630. The molecule has 1 N–H and O–H groups in total. The van der Waals surface area contributed by atoms with Gasteiger partial charge in [-0.3, -0.25) is 9.69 Å². The summed E-state index contributed by atoms with van der Waals surface area (Å²) in [6.45, 7) is 2.81. The Balaban J connectivity index is 1.50. The van der Waals surface area contributed by atoms with Crippen LogP contribution in [0.4, 0.5) is 0 Å². The third-order valence-corrected chi connectivity index (χ3v) is 8.05. The zero-order valence-electron chi connectivity index (χ0n) is 21.1. The van der Waals surface area contributed by atoms with Gasteiger partial charge >= 0.3 is 0 Å². The normalized spacial score (nSPS) is 18.8. The number of methoxy groups -OCH3 is 1. The van der Waals surface area contributed by atoms with Crippen LogP contribution in [0, 0.1) is 0 Å². The molecule has 1 atom stereocenters. The monoisotopic (exact) mass is 478 g/mol. The number of tetrazole rings is 1. The van der Waals surface area contributed by atoms with E-state index >= 15 is 0 Å². The standard InChI is InChI=1S/C27H38N6O2/c1-3-25(26-29-30-31-33(26)22-12-8-5-9-13-22)32(21-10-6-4-7-11-21)18-20-16-19-14-15-23(35-2)17-24(19)28-27(20)34/h14-17,21-22,25H,3-13,18H2,1-2H3,(H,28,34)/t25-/m0/s1. The molecule has 2 saturated carbocycles. The number of aromatic nitrogens is 5. The first-order valence-electron chi connectivity index (χ1n) is 13.4. The van der Waals surface area contributed by atoms with Crippen molar-refractivity contribution in [1.29, 1.82) is 0 Å². The summed E-state index contributed by atoms with van der Waals surface area (Å²) in [4.78, 5) is 18.8. The second kappa shape index (κ2) is 10.9. The van der Waals surface area contributed by atoms with Gasteiger partial charge in [-0.1, -0.05) is 45.4 Å². The topological polar surface area (TPSA) is 88.9 Å². The van der Waals surface area contributed by atoms with E-state index in [0.29, 0.717) is 18.6 Å². The Morgan fingerprint density at radius 2 is 1.83 bits per heavy atom. The van der Waals surface area contributed by atoms with Crippen LogP contribution in [0.1, 0.15) is 101 Å². The van der Waals surface area contributed by atoms with E-state index < -0.39 is 0 Å². The average Bonchev–Trinajstić information content (AvgIpc) is 3.39. The van der Waals surface area contributed by atoms with Crippen molar-refractivity contribution in [2.75, 3.05) is 7.11 Å². The molecule has 188 valence electrons. The largest absolute Gasteiger partial charge is 0.497 e. The first-order valence-corrected chi connectivity index (χ1v) is 13.4. The van der Waals surface area contributed by atoms with Gasteiger partial charge in [0.05, 0.1) is 24.7 Å². The Labute approximate surface area is 207 Å². The zero-order chi connectivity index (χ0) is 24.2. The molecule has 35 heavy (non-hydrogen) atoms. The van der Waals surface area contributed by atoms with Crippen molar-refractivity contribution in [3.8, 4) is 5.75 Å². The molecular formula is C27H38N6O2. The van der Waals surface area contributed by atoms with E-state index in [1.165, 1.54) is 38.5 Å². The van der Waals surface area contributed by atoms with E-state index in [1.807, 2.05) is 24.3 Å². The van der Waals surface area contributed by atoms with Crippen LogP contribution in [0.3, 0.4) is 0 Å². The number of benzene rings is 1. The minimum absolute atomic E-state index is 0.0340. The van der Waals surface area contributed by atoms with E-state index in [9.17, 15) is 4.79 Å². The number of nitrogens with one attached hydrogen (secondary N) is 1. The molecule has 1 aromatic carbocycles. The molecule has 8 nitrogen and oxygen atoms in total. The molecule has 5 rings (SSSR count). The lowest BCUT2D eigenvalue weighted by molar-refractivity contribution is 0.0821. The summed E-state index contributed by atoms with van der Waals surface area (Å²) >= 11 is 0. The molecular weight excluding hydrogens is 440 g/mol. The minimum Gasteiger partial charge on any atom is -0.497 e. The third-order valence-electron chi connectivity index (χ3n) is 8.05. The van der Waals surface area contributed by atoms with Gasteiger partial charge in [-0.05, 0) is 66.1 Å². The maximum Gasteiger partial charge on any atom is 0.252 e. The fourth-order valence-electron chi connectivity index (χ4n) is 6.14. The van der Waals surface area contributed by atoms with Crippen molar-refractivity contribution >= 4 is 10.9 Å². The van der Waals surface area contributed by atoms with E-state index in [1.54, 1.807) is 7.11 Å². The van der Waals surface area contributed by atoms with Gasteiger partial charge in [0.2, 0.25) is 0 Å². The number of pyridine rings is 1. The summed E-state index contributed by atoms with van der Waals surface area (Å²) in [6, 6.07) is 8.77. The van der Waals surface area contributed by atoms with Crippen molar-refractivity contribution in [3.05, 3.63) is 46.0 Å². The van der Waals surface area contributed by atoms with Crippen LogP contribution in [0.2, 0.25) is 0 Å². The van der Waals surface area contributed by atoms with E-state index in [-0.39, 0.29) is 11.6 Å². The van der Waals surface area contributed by atoms with Crippen molar-refractivity contribution in [1.82, 2.24) is 30.1 Å². The van der Waals surface area contributed by atoms with Gasteiger partial charge < -0.3 is 9.72 Å². The number of ether oxygens (including phenoxy) is 1. The maximum absolute atomic E-state index is 13.2. The highest BCUT2D eigenvalue weighted by atomic mass is 16.5. The molecule has 0 aliphatic heterocycles. The number of hydrogen-bond donors (Lipinski definition) is 1. The van der Waals surface area contributed by atoms with Crippen molar-refractivity contribution in [2.24, 2.45) is 0 Å². The van der Waals surface area contributed by atoms with Gasteiger partial charge in [0, 0.05) is 24.2 Å². The summed E-state index contributed by atoms with van der Waals surface area (Å²) in [7, 11) is 1.64. The van der Waals surface area contributed by atoms with Crippen LogP contribution in [0.25, 0.3) is 10.9 Å². The van der Waals surface area contributed by atoms with Crippen LogP contribution in [0.5, 0.6) is 5.75 Å². The number of fused-ring (bicyclic) bond motifs is 1. The van der Waals surface area contributed by atoms with E-state index in [0.717, 1.165) is 60.1 Å². The van der Waals surface area contributed by atoms with Gasteiger partial charge in [-0.25, -0.2) is 4.68 Å². The lowest BCUT2D eigenvalue weighted by Crippen LogP contribution is -2.41. The summed E-state index contributed by atoms with van der Waals surface area (Å²) in [6.07, 6.45) is 13.1. The Hall–Kier alpha value is -2.74. The summed E-state index contributed by atoms with van der Waals surface area (Å²) < 4.78 is 7.44. The van der Waals surface area contributed by atoms with Crippen LogP contribution >= 0.6 is 0 Å². The van der Waals surface area contributed by atoms with Crippen LogP contribution in [-0.2, 0) is 6.54 Å². The molecule has 2 aliphatic carbocycles. The first kappa shape index (κ1) is 24.0. The number of rotatable bonds is 8. The van der Waals surface area contributed by atoms with Gasteiger partial charge in [0.25, 0.3) is 5.56 Å². The molecule has 2 aliphatic rings.